The Balaban J connectivity index is 1.47. The van der Waals surface area contributed by atoms with Gasteiger partial charge in [-0.2, -0.15) is 0 Å². The highest BCUT2D eigenvalue weighted by atomic mass is 16.2. The Morgan fingerprint density at radius 1 is 1.00 bits per heavy atom. The van der Waals surface area contributed by atoms with Crippen molar-refractivity contribution in [3.63, 3.8) is 0 Å². The van der Waals surface area contributed by atoms with Gasteiger partial charge in [-0.25, -0.2) is 0 Å². The number of hydrogen-bond acceptors (Lipinski definition) is 2. The summed E-state index contributed by atoms with van der Waals surface area (Å²) in [7, 11) is 0. The number of amides is 2. The summed E-state index contributed by atoms with van der Waals surface area (Å²) in [6, 6.07) is 14.2. The molecule has 134 valence electrons. The Kier molecular flexibility index (Phi) is 4.06. The number of nitrogens with one attached hydrogen (secondary N) is 1. The fraction of sp³-hybridized carbons (Fsp3) is 0.364. The number of carbonyl (C=O) groups is 2. The molecule has 1 fully saturated rings. The first kappa shape index (κ1) is 16.8. The van der Waals surface area contributed by atoms with Crippen LogP contribution < -0.4 is 10.2 Å². The van der Waals surface area contributed by atoms with Crippen molar-refractivity contribution in [1.82, 2.24) is 0 Å². The molecule has 3 atom stereocenters. The molecule has 2 aliphatic rings. The second-order valence-electron chi connectivity index (χ2n) is 7.59. The van der Waals surface area contributed by atoms with Gasteiger partial charge in [-0.1, -0.05) is 36.4 Å². The molecule has 0 spiro atoms. The van der Waals surface area contributed by atoms with Gasteiger partial charge in [0.1, 0.15) is 0 Å². The first-order valence-corrected chi connectivity index (χ1v) is 9.25. The molecule has 0 saturated heterocycles. The third-order valence-corrected chi connectivity index (χ3v) is 5.62. The quantitative estimate of drug-likeness (QED) is 0.916. The van der Waals surface area contributed by atoms with E-state index < -0.39 is 0 Å². The van der Waals surface area contributed by atoms with E-state index in [0.29, 0.717) is 6.42 Å². The number of fused-ring (bicyclic) bond motifs is 1. The van der Waals surface area contributed by atoms with Gasteiger partial charge in [0.05, 0.1) is 11.8 Å². The molecule has 4 heteroatoms. The fourth-order valence-electron chi connectivity index (χ4n) is 4.07. The molecule has 0 bridgehead atoms. The zero-order valence-electron chi connectivity index (χ0n) is 15.5. The average Bonchev–Trinajstić information content (AvgIpc) is 3.34. The van der Waals surface area contributed by atoms with Gasteiger partial charge >= 0.3 is 0 Å². The number of carbonyl (C=O) groups excluding carboxylic acids is 2. The lowest BCUT2D eigenvalue weighted by Crippen LogP contribution is -2.37. The van der Waals surface area contributed by atoms with Crippen LogP contribution >= 0.6 is 0 Å². The minimum absolute atomic E-state index is 0.0408. The largest absolute Gasteiger partial charge is 0.325 e. The molecule has 1 aliphatic heterocycles. The van der Waals surface area contributed by atoms with Gasteiger partial charge in [0, 0.05) is 17.4 Å². The summed E-state index contributed by atoms with van der Waals surface area (Å²) < 4.78 is 0. The molecule has 1 N–H and O–H groups in total. The van der Waals surface area contributed by atoms with Crippen molar-refractivity contribution in [2.24, 2.45) is 11.8 Å². The molecule has 0 aromatic heterocycles. The van der Waals surface area contributed by atoms with Crippen molar-refractivity contribution >= 4 is 23.2 Å². The second-order valence-corrected chi connectivity index (χ2v) is 7.59. The van der Waals surface area contributed by atoms with Gasteiger partial charge in [-0.05, 0) is 56.4 Å². The third kappa shape index (κ3) is 2.79. The second kappa shape index (κ2) is 6.27. The minimum Gasteiger partial charge on any atom is -0.325 e. The van der Waals surface area contributed by atoms with E-state index in [0.717, 1.165) is 28.9 Å². The van der Waals surface area contributed by atoms with Gasteiger partial charge in [-0.15, -0.1) is 0 Å². The monoisotopic (exact) mass is 348 g/mol. The van der Waals surface area contributed by atoms with Crippen LogP contribution in [0.3, 0.4) is 0 Å². The van der Waals surface area contributed by atoms with Crippen LogP contribution in [0.15, 0.2) is 42.5 Å². The molecule has 1 saturated carbocycles. The molecule has 2 aromatic carbocycles. The van der Waals surface area contributed by atoms with E-state index in [1.807, 2.05) is 55.1 Å². The molecule has 1 aliphatic carbocycles. The minimum atomic E-state index is -0.221. The fourth-order valence-corrected chi connectivity index (χ4v) is 4.07. The number of anilines is 2. The van der Waals surface area contributed by atoms with E-state index in [-0.39, 0.29) is 29.7 Å². The van der Waals surface area contributed by atoms with Crippen molar-refractivity contribution in [3.8, 4) is 0 Å². The summed E-state index contributed by atoms with van der Waals surface area (Å²) in [5.41, 5.74) is 5.18. The van der Waals surface area contributed by atoms with E-state index in [4.69, 9.17) is 0 Å². The maximum Gasteiger partial charge on any atom is 0.231 e. The Labute approximate surface area is 154 Å². The molecule has 3 unspecified atom stereocenters. The maximum atomic E-state index is 13.0. The number of para-hydroxylation sites is 2. The van der Waals surface area contributed by atoms with Crippen LogP contribution in [0.2, 0.25) is 0 Å². The first-order chi connectivity index (χ1) is 12.5. The maximum absolute atomic E-state index is 13.0. The van der Waals surface area contributed by atoms with Gasteiger partial charge in [0.2, 0.25) is 11.8 Å². The van der Waals surface area contributed by atoms with Crippen molar-refractivity contribution in [2.75, 3.05) is 10.2 Å². The predicted octanol–water partition coefficient (Wildman–Crippen LogP) is 3.86. The Bertz CT molecular complexity index is 869. The average molecular weight is 348 g/mol. The Hall–Kier alpha value is -2.62. The van der Waals surface area contributed by atoms with E-state index in [2.05, 4.69) is 18.3 Å². The standard InChI is InChI=1S/C22H24N2O2/c1-13-7-6-8-14(2)20(13)23-21(25)17-12-18(17)22(26)24-15(3)11-16-9-4-5-10-19(16)24/h4-10,15,17-18H,11-12H2,1-3H3,(H,23,25). The third-order valence-electron chi connectivity index (χ3n) is 5.62. The molecular weight excluding hydrogens is 324 g/mol. The Morgan fingerprint density at radius 2 is 1.69 bits per heavy atom. The van der Waals surface area contributed by atoms with Gasteiger partial charge in [0.25, 0.3) is 0 Å². The van der Waals surface area contributed by atoms with E-state index in [9.17, 15) is 9.59 Å². The number of aryl methyl sites for hydroxylation is 2. The van der Waals surface area contributed by atoms with Gasteiger partial charge in [0.15, 0.2) is 0 Å². The number of hydrogen-bond donors (Lipinski definition) is 1. The number of nitrogens with zero attached hydrogens (tertiary/aromatic N) is 1. The first-order valence-electron chi connectivity index (χ1n) is 9.25. The smallest absolute Gasteiger partial charge is 0.231 e. The van der Waals surface area contributed by atoms with Crippen LogP contribution in [-0.2, 0) is 16.0 Å². The summed E-state index contributed by atoms with van der Waals surface area (Å²) in [6.07, 6.45) is 1.52. The highest BCUT2D eigenvalue weighted by molar-refractivity contribution is 6.05. The van der Waals surface area contributed by atoms with Crippen LogP contribution in [0, 0.1) is 25.7 Å². The summed E-state index contributed by atoms with van der Waals surface area (Å²) in [5.74, 6) is -0.376. The lowest BCUT2D eigenvalue weighted by Gasteiger charge is -2.23. The Morgan fingerprint density at radius 3 is 2.42 bits per heavy atom. The summed E-state index contributed by atoms with van der Waals surface area (Å²) in [5, 5.41) is 3.04. The zero-order valence-corrected chi connectivity index (χ0v) is 15.5. The van der Waals surface area contributed by atoms with Crippen molar-refractivity contribution in [2.45, 2.75) is 39.7 Å². The molecule has 26 heavy (non-hydrogen) atoms. The van der Waals surface area contributed by atoms with Crippen molar-refractivity contribution in [1.29, 1.82) is 0 Å². The van der Waals surface area contributed by atoms with E-state index in [1.165, 1.54) is 5.56 Å². The highest BCUT2D eigenvalue weighted by Crippen LogP contribution is 2.44. The van der Waals surface area contributed by atoms with E-state index >= 15 is 0 Å². The molecule has 4 nitrogen and oxygen atoms in total. The van der Waals surface area contributed by atoms with Crippen LogP contribution in [0.4, 0.5) is 11.4 Å². The van der Waals surface area contributed by atoms with Crippen LogP contribution in [0.25, 0.3) is 0 Å². The van der Waals surface area contributed by atoms with Crippen LogP contribution in [-0.4, -0.2) is 17.9 Å². The SMILES string of the molecule is Cc1cccc(C)c1NC(=O)C1CC1C(=O)N1c2ccccc2CC1C. The molecule has 1 heterocycles. The molecule has 0 radical (unpaired) electrons. The lowest BCUT2D eigenvalue weighted by molar-refractivity contribution is -0.123. The van der Waals surface area contributed by atoms with Crippen molar-refractivity contribution < 1.29 is 9.59 Å². The molecule has 2 aromatic rings. The normalized spacial score (nSPS) is 23.5. The molecule has 4 rings (SSSR count). The van der Waals surface area contributed by atoms with Gasteiger partial charge in [-0.3, -0.25) is 9.59 Å². The number of rotatable bonds is 3. The number of benzene rings is 2. The van der Waals surface area contributed by atoms with Crippen LogP contribution in [0.5, 0.6) is 0 Å². The zero-order chi connectivity index (χ0) is 18.4. The molecule has 2 amide bonds. The summed E-state index contributed by atoms with van der Waals surface area (Å²) in [4.78, 5) is 27.6. The highest BCUT2D eigenvalue weighted by Gasteiger charge is 2.51. The van der Waals surface area contributed by atoms with Crippen LogP contribution in [0.1, 0.15) is 30.0 Å². The predicted molar refractivity (Wildman–Crippen MR) is 103 cm³/mol. The topological polar surface area (TPSA) is 49.4 Å². The summed E-state index contributed by atoms with van der Waals surface area (Å²) in [6.45, 7) is 6.05. The summed E-state index contributed by atoms with van der Waals surface area (Å²) >= 11 is 0. The van der Waals surface area contributed by atoms with Gasteiger partial charge < -0.3 is 10.2 Å². The molecular formula is C22H24N2O2. The lowest BCUT2D eigenvalue weighted by atomic mass is 10.1. The van der Waals surface area contributed by atoms with E-state index in [1.54, 1.807) is 0 Å². The van der Waals surface area contributed by atoms with Crippen molar-refractivity contribution in [3.05, 3.63) is 59.2 Å².